The Morgan fingerprint density at radius 3 is 2.63 bits per heavy atom. The van der Waals surface area contributed by atoms with Gasteiger partial charge in [-0.3, -0.25) is 10.1 Å². The number of carbonyl (C=O) groups excluding carboxylic acids is 1. The first-order valence-corrected chi connectivity index (χ1v) is 9.05. The number of nitrogens with zero attached hydrogens (tertiary/aromatic N) is 3. The lowest BCUT2D eigenvalue weighted by molar-refractivity contribution is -0.385. The number of nitrogens with one attached hydrogen (secondary N) is 1. The molecule has 0 atom stereocenters. The second-order valence-electron chi connectivity index (χ2n) is 7.75. The molecule has 1 heterocycles. The lowest BCUT2D eigenvalue weighted by Gasteiger charge is -2.33. The summed E-state index contributed by atoms with van der Waals surface area (Å²) in [5.74, 6) is 0.391. The van der Waals surface area contributed by atoms with Gasteiger partial charge in [0.05, 0.1) is 16.6 Å². The number of nitriles is 1. The highest BCUT2D eigenvalue weighted by atomic mass is 16.6. The topological polar surface area (TPSA) is 108 Å². The maximum absolute atomic E-state index is 12.1. The predicted molar refractivity (Wildman–Crippen MR) is 100 cm³/mol. The minimum atomic E-state index is -0.498. The minimum Gasteiger partial charge on any atom is -0.444 e. The highest BCUT2D eigenvalue weighted by Gasteiger charge is 2.26. The summed E-state index contributed by atoms with van der Waals surface area (Å²) >= 11 is 0. The van der Waals surface area contributed by atoms with Gasteiger partial charge in [-0.1, -0.05) is 0 Å². The van der Waals surface area contributed by atoms with Crippen molar-refractivity contribution in [3.8, 4) is 6.07 Å². The zero-order valence-electron chi connectivity index (χ0n) is 16.0. The van der Waals surface area contributed by atoms with Crippen LogP contribution in [0.25, 0.3) is 0 Å². The summed E-state index contributed by atoms with van der Waals surface area (Å²) in [6.45, 7) is 7.87. The average molecular weight is 374 g/mol. The molecule has 146 valence electrons. The van der Waals surface area contributed by atoms with Crippen LogP contribution in [-0.4, -0.2) is 41.2 Å². The van der Waals surface area contributed by atoms with Gasteiger partial charge in [0.1, 0.15) is 5.60 Å². The van der Waals surface area contributed by atoms with E-state index < -0.39 is 10.5 Å². The van der Waals surface area contributed by atoms with Crippen LogP contribution in [0.2, 0.25) is 0 Å². The third-order valence-electron chi connectivity index (χ3n) is 4.42. The highest BCUT2D eigenvalue weighted by Crippen LogP contribution is 2.21. The van der Waals surface area contributed by atoms with Crippen molar-refractivity contribution in [3.63, 3.8) is 0 Å². The first kappa shape index (κ1) is 20.6. The molecule has 0 radical (unpaired) electrons. The number of ether oxygens (including phenoxy) is 1. The SMILES string of the molecule is CC(C)(C)OC(=O)N1CCC(CNCc2cc(C#N)ccc2[N+](=O)[O-])CC1. The van der Waals surface area contributed by atoms with Gasteiger partial charge in [-0.15, -0.1) is 0 Å². The van der Waals surface area contributed by atoms with Crippen LogP contribution in [0.3, 0.4) is 0 Å². The molecule has 0 bridgehead atoms. The van der Waals surface area contributed by atoms with Crippen molar-refractivity contribution in [1.29, 1.82) is 5.26 Å². The summed E-state index contributed by atoms with van der Waals surface area (Å²) in [5.41, 5.74) is 0.428. The number of benzene rings is 1. The molecule has 2 rings (SSSR count). The molecule has 0 aromatic heterocycles. The van der Waals surface area contributed by atoms with E-state index in [1.165, 1.54) is 12.1 Å². The highest BCUT2D eigenvalue weighted by molar-refractivity contribution is 5.68. The summed E-state index contributed by atoms with van der Waals surface area (Å²) < 4.78 is 5.39. The Hall–Kier alpha value is -2.66. The van der Waals surface area contributed by atoms with Gasteiger partial charge < -0.3 is 15.0 Å². The Kier molecular flexibility index (Phi) is 6.75. The molecule has 1 amide bonds. The number of piperidine rings is 1. The van der Waals surface area contributed by atoms with Crippen LogP contribution in [0, 0.1) is 27.4 Å². The van der Waals surface area contributed by atoms with Gasteiger partial charge in [0, 0.05) is 31.3 Å². The molecule has 1 saturated heterocycles. The normalized spacial score (nSPS) is 15.3. The Morgan fingerprint density at radius 2 is 2.07 bits per heavy atom. The van der Waals surface area contributed by atoms with Crippen LogP contribution >= 0.6 is 0 Å². The molecule has 8 heteroatoms. The van der Waals surface area contributed by atoms with E-state index >= 15 is 0 Å². The summed E-state index contributed by atoms with van der Waals surface area (Å²) in [7, 11) is 0. The zero-order chi connectivity index (χ0) is 20.0. The second-order valence-corrected chi connectivity index (χ2v) is 7.75. The molecule has 1 aromatic rings. The molecule has 8 nitrogen and oxygen atoms in total. The van der Waals surface area contributed by atoms with E-state index in [1.807, 2.05) is 26.8 Å². The Bertz CT molecular complexity index is 728. The molecule has 0 spiro atoms. The Balaban J connectivity index is 1.82. The number of likely N-dealkylation sites (tertiary alicyclic amines) is 1. The van der Waals surface area contributed by atoms with Crippen molar-refractivity contribution in [3.05, 3.63) is 39.4 Å². The van der Waals surface area contributed by atoms with E-state index in [9.17, 15) is 14.9 Å². The largest absolute Gasteiger partial charge is 0.444 e. The first-order valence-electron chi connectivity index (χ1n) is 9.05. The number of nitro benzene ring substituents is 1. The van der Waals surface area contributed by atoms with Crippen LogP contribution in [0.4, 0.5) is 10.5 Å². The number of hydrogen-bond acceptors (Lipinski definition) is 6. The predicted octanol–water partition coefficient (Wildman–Crippen LogP) is 3.20. The van der Waals surface area contributed by atoms with Crippen LogP contribution < -0.4 is 5.32 Å². The quantitative estimate of drug-likeness (QED) is 0.626. The number of hydrogen-bond donors (Lipinski definition) is 1. The number of amides is 1. The van der Waals surface area contributed by atoms with E-state index in [1.54, 1.807) is 11.0 Å². The molecule has 1 aromatic carbocycles. The fourth-order valence-corrected chi connectivity index (χ4v) is 3.03. The molecular weight excluding hydrogens is 348 g/mol. The maximum Gasteiger partial charge on any atom is 0.410 e. The van der Waals surface area contributed by atoms with Crippen molar-refractivity contribution in [1.82, 2.24) is 10.2 Å². The van der Waals surface area contributed by atoms with Crippen molar-refractivity contribution in [2.75, 3.05) is 19.6 Å². The maximum atomic E-state index is 12.1. The van der Waals surface area contributed by atoms with Crippen molar-refractivity contribution >= 4 is 11.8 Å². The lowest BCUT2D eigenvalue weighted by atomic mass is 9.97. The van der Waals surface area contributed by atoms with Crippen molar-refractivity contribution in [2.24, 2.45) is 5.92 Å². The van der Waals surface area contributed by atoms with Gasteiger partial charge in [-0.2, -0.15) is 5.26 Å². The van der Waals surface area contributed by atoms with E-state index in [4.69, 9.17) is 10.00 Å². The molecule has 27 heavy (non-hydrogen) atoms. The molecule has 1 fully saturated rings. The van der Waals surface area contributed by atoms with Gasteiger partial charge in [-0.05, 0) is 58.2 Å². The van der Waals surface area contributed by atoms with E-state index in [2.05, 4.69) is 5.32 Å². The van der Waals surface area contributed by atoms with E-state index in [0.29, 0.717) is 43.2 Å². The van der Waals surface area contributed by atoms with Gasteiger partial charge >= 0.3 is 6.09 Å². The Labute approximate surface area is 159 Å². The molecule has 1 aliphatic rings. The van der Waals surface area contributed by atoms with E-state index in [0.717, 1.165) is 12.8 Å². The minimum absolute atomic E-state index is 0.0150. The zero-order valence-corrected chi connectivity index (χ0v) is 16.0. The van der Waals surface area contributed by atoms with Gasteiger partial charge in [0.25, 0.3) is 5.69 Å². The van der Waals surface area contributed by atoms with Crippen LogP contribution in [0.15, 0.2) is 18.2 Å². The van der Waals surface area contributed by atoms with Gasteiger partial charge in [0.15, 0.2) is 0 Å². The van der Waals surface area contributed by atoms with Gasteiger partial charge in [-0.25, -0.2) is 4.79 Å². The molecule has 0 unspecified atom stereocenters. The lowest BCUT2D eigenvalue weighted by Crippen LogP contribution is -2.43. The van der Waals surface area contributed by atoms with Crippen molar-refractivity contribution < 1.29 is 14.5 Å². The smallest absolute Gasteiger partial charge is 0.410 e. The summed E-state index contributed by atoms with van der Waals surface area (Å²) in [6, 6.07) is 6.38. The first-order chi connectivity index (χ1) is 12.7. The fourth-order valence-electron chi connectivity index (χ4n) is 3.03. The molecule has 1 N–H and O–H groups in total. The molecule has 0 saturated carbocycles. The summed E-state index contributed by atoms with van der Waals surface area (Å²) in [6.07, 6.45) is 1.43. The number of carbonyl (C=O) groups is 1. The van der Waals surface area contributed by atoms with Crippen molar-refractivity contribution in [2.45, 2.75) is 45.8 Å². The third-order valence-corrected chi connectivity index (χ3v) is 4.42. The van der Waals surface area contributed by atoms with E-state index in [-0.39, 0.29) is 11.8 Å². The van der Waals surface area contributed by atoms with Gasteiger partial charge in [0.2, 0.25) is 0 Å². The molecular formula is C19H26N4O4. The van der Waals surface area contributed by atoms with Crippen LogP contribution in [-0.2, 0) is 11.3 Å². The number of rotatable bonds is 5. The monoisotopic (exact) mass is 374 g/mol. The summed E-state index contributed by atoms with van der Waals surface area (Å²) in [4.78, 5) is 24.5. The summed E-state index contributed by atoms with van der Waals surface area (Å²) in [5, 5.41) is 23.4. The Morgan fingerprint density at radius 1 is 1.41 bits per heavy atom. The van der Waals surface area contributed by atoms with Crippen LogP contribution in [0.1, 0.15) is 44.7 Å². The second kappa shape index (κ2) is 8.82. The fraction of sp³-hybridized carbons (Fsp3) is 0.579. The molecule has 1 aliphatic heterocycles. The average Bonchev–Trinajstić information content (AvgIpc) is 2.60. The molecule has 0 aliphatic carbocycles. The standard InChI is InChI=1S/C19H26N4O4/c1-19(2,3)27-18(24)22-8-6-14(7-9-22)12-21-13-16-10-15(11-20)4-5-17(16)23(25)26/h4-5,10,14,21H,6-9,12-13H2,1-3H3. The third kappa shape index (κ3) is 6.22. The van der Waals surface area contributed by atoms with Crippen LogP contribution in [0.5, 0.6) is 0 Å². The number of nitro groups is 1.